The van der Waals surface area contributed by atoms with Crippen molar-refractivity contribution in [3.05, 3.63) is 16.6 Å². The maximum Gasteiger partial charge on any atom is 0.0795 e. The van der Waals surface area contributed by atoms with E-state index in [1.165, 1.54) is 0 Å². The molecule has 0 saturated carbocycles. The summed E-state index contributed by atoms with van der Waals surface area (Å²) in [5.41, 5.74) is 3.00. The SMILES string of the molecule is COCCN(C)Cc1cscn1. The van der Waals surface area contributed by atoms with Crippen LogP contribution in [-0.2, 0) is 11.3 Å². The number of nitrogens with zero attached hydrogens (tertiary/aromatic N) is 2. The predicted octanol–water partition coefficient (Wildman–Crippen LogP) is 1.22. The molecule has 0 amide bonds. The van der Waals surface area contributed by atoms with Gasteiger partial charge in [0.25, 0.3) is 0 Å². The highest BCUT2D eigenvalue weighted by Gasteiger charge is 2.00. The van der Waals surface area contributed by atoms with Crippen LogP contribution < -0.4 is 0 Å². The minimum absolute atomic E-state index is 0.778. The Labute approximate surface area is 77.0 Å². The average molecular weight is 186 g/mol. The summed E-state index contributed by atoms with van der Waals surface area (Å²) in [6.07, 6.45) is 0. The molecule has 0 saturated heterocycles. The van der Waals surface area contributed by atoms with Gasteiger partial charge in [0.05, 0.1) is 17.8 Å². The lowest BCUT2D eigenvalue weighted by molar-refractivity contribution is 0.158. The molecule has 3 nitrogen and oxygen atoms in total. The highest BCUT2D eigenvalue weighted by Crippen LogP contribution is 2.03. The van der Waals surface area contributed by atoms with E-state index in [-0.39, 0.29) is 0 Å². The smallest absolute Gasteiger partial charge is 0.0795 e. The standard InChI is InChI=1S/C8H14N2OS/c1-10(3-4-11-2)5-8-6-12-7-9-8/h6-7H,3-5H2,1-2H3. The summed E-state index contributed by atoms with van der Waals surface area (Å²) < 4.78 is 4.97. The topological polar surface area (TPSA) is 25.4 Å². The normalized spacial score (nSPS) is 10.9. The van der Waals surface area contributed by atoms with Crippen molar-refractivity contribution >= 4 is 11.3 Å². The zero-order valence-electron chi connectivity index (χ0n) is 7.49. The van der Waals surface area contributed by atoms with Gasteiger partial charge in [-0.05, 0) is 7.05 Å². The van der Waals surface area contributed by atoms with Crippen molar-refractivity contribution < 1.29 is 4.74 Å². The van der Waals surface area contributed by atoms with Gasteiger partial charge in [-0.25, -0.2) is 4.98 Å². The van der Waals surface area contributed by atoms with Gasteiger partial charge in [-0.2, -0.15) is 0 Å². The van der Waals surface area contributed by atoms with Crippen molar-refractivity contribution in [1.82, 2.24) is 9.88 Å². The van der Waals surface area contributed by atoms with Crippen molar-refractivity contribution in [2.45, 2.75) is 6.54 Å². The fraction of sp³-hybridized carbons (Fsp3) is 0.625. The Balaban J connectivity index is 2.22. The summed E-state index contributed by atoms with van der Waals surface area (Å²) in [4.78, 5) is 6.39. The lowest BCUT2D eigenvalue weighted by atomic mass is 10.4. The van der Waals surface area contributed by atoms with Crippen LogP contribution in [0.1, 0.15) is 5.69 Å². The van der Waals surface area contributed by atoms with E-state index >= 15 is 0 Å². The van der Waals surface area contributed by atoms with Gasteiger partial charge in [0.2, 0.25) is 0 Å². The van der Waals surface area contributed by atoms with Crippen LogP contribution in [0.5, 0.6) is 0 Å². The summed E-state index contributed by atoms with van der Waals surface area (Å²) in [5.74, 6) is 0. The second kappa shape index (κ2) is 5.24. The van der Waals surface area contributed by atoms with E-state index in [1.54, 1.807) is 18.4 Å². The van der Waals surface area contributed by atoms with Gasteiger partial charge in [0.15, 0.2) is 0 Å². The highest BCUT2D eigenvalue weighted by atomic mass is 32.1. The number of aromatic nitrogens is 1. The molecule has 1 heterocycles. The molecular formula is C8H14N2OS. The minimum atomic E-state index is 0.778. The molecule has 0 fully saturated rings. The molecule has 0 radical (unpaired) electrons. The van der Waals surface area contributed by atoms with E-state index in [0.29, 0.717) is 0 Å². The Hall–Kier alpha value is -0.450. The number of ether oxygens (including phenoxy) is 1. The van der Waals surface area contributed by atoms with Crippen LogP contribution in [0.2, 0.25) is 0 Å². The number of likely N-dealkylation sites (N-methyl/N-ethyl adjacent to an activating group) is 1. The zero-order valence-corrected chi connectivity index (χ0v) is 8.30. The first-order chi connectivity index (χ1) is 5.83. The van der Waals surface area contributed by atoms with Crippen LogP contribution in [0.15, 0.2) is 10.9 Å². The number of thiazole rings is 1. The molecule has 68 valence electrons. The Morgan fingerprint density at radius 3 is 3.08 bits per heavy atom. The Morgan fingerprint density at radius 1 is 1.67 bits per heavy atom. The summed E-state index contributed by atoms with van der Waals surface area (Å²) in [6.45, 7) is 2.64. The van der Waals surface area contributed by atoms with Gasteiger partial charge in [-0.3, -0.25) is 4.90 Å². The number of hydrogen-bond donors (Lipinski definition) is 0. The summed E-state index contributed by atoms with van der Waals surface area (Å²) in [5, 5.41) is 2.07. The van der Waals surface area contributed by atoms with E-state index < -0.39 is 0 Å². The molecule has 0 aliphatic heterocycles. The average Bonchev–Trinajstić information content (AvgIpc) is 2.53. The van der Waals surface area contributed by atoms with Gasteiger partial charge in [-0.15, -0.1) is 11.3 Å². The molecule has 4 heteroatoms. The molecule has 1 aromatic heterocycles. The molecule has 0 spiro atoms. The van der Waals surface area contributed by atoms with Gasteiger partial charge < -0.3 is 4.74 Å². The fourth-order valence-electron chi connectivity index (χ4n) is 0.918. The van der Waals surface area contributed by atoms with Crippen LogP contribution in [-0.4, -0.2) is 37.2 Å². The first-order valence-electron chi connectivity index (χ1n) is 3.87. The highest BCUT2D eigenvalue weighted by molar-refractivity contribution is 7.07. The molecular weight excluding hydrogens is 172 g/mol. The number of methoxy groups -OCH3 is 1. The Bertz CT molecular complexity index is 201. The van der Waals surface area contributed by atoms with Crippen LogP contribution in [0.25, 0.3) is 0 Å². The Morgan fingerprint density at radius 2 is 2.50 bits per heavy atom. The summed E-state index contributed by atoms with van der Waals surface area (Å²) >= 11 is 1.64. The third kappa shape index (κ3) is 3.30. The Kier molecular flexibility index (Phi) is 4.21. The van der Waals surface area contributed by atoms with E-state index in [9.17, 15) is 0 Å². The van der Waals surface area contributed by atoms with E-state index in [0.717, 1.165) is 25.4 Å². The minimum Gasteiger partial charge on any atom is -0.383 e. The van der Waals surface area contributed by atoms with E-state index in [2.05, 4.69) is 22.3 Å². The van der Waals surface area contributed by atoms with Crippen LogP contribution in [0, 0.1) is 0 Å². The second-order valence-corrected chi connectivity index (χ2v) is 3.43. The molecule has 1 aromatic rings. The monoisotopic (exact) mass is 186 g/mol. The molecule has 0 unspecified atom stereocenters. The van der Waals surface area contributed by atoms with Crippen molar-refractivity contribution in [3.8, 4) is 0 Å². The van der Waals surface area contributed by atoms with Crippen molar-refractivity contribution in [2.75, 3.05) is 27.3 Å². The van der Waals surface area contributed by atoms with E-state index in [1.807, 2.05) is 5.51 Å². The summed E-state index contributed by atoms with van der Waals surface area (Å²) in [7, 11) is 3.79. The first kappa shape index (κ1) is 9.64. The fourth-order valence-corrected chi connectivity index (χ4v) is 1.47. The largest absolute Gasteiger partial charge is 0.383 e. The molecule has 0 bridgehead atoms. The third-order valence-corrected chi connectivity index (χ3v) is 2.23. The number of rotatable bonds is 5. The summed E-state index contributed by atoms with van der Waals surface area (Å²) in [6, 6.07) is 0. The second-order valence-electron chi connectivity index (χ2n) is 2.71. The van der Waals surface area contributed by atoms with Crippen molar-refractivity contribution in [3.63, 3.8) is 0 Å². The van der Waals surface area contributed by atoms with Gasteiger partial charge in [0, 0.05) is 25.6 Å². The van der Waals surface area contributed by atoms with Crippen LogP contribution in [0.4, 0.5) is 0 Å². The van der Waals surface area contributed by atoms with Crippen molar-refractivity contribution in [1.29, 1.82) is 0 Å². The molecule has 0 aliphatic rings. The quantitative estimate of drug-likeness (QED) is 0.691. The van der Waals surface area contributed by atoms with Gasteiger partial charge in [0.1, 0.15) is 0 Å². The molecule has 0 aromatic carbocycles. The predicted molar refractivity (Wildman–Crippen MR) is 50.3 cm³/mol. The first-order valence-corrected chi connectivity index (χ1v) is 4.81. The van der Waals surface area contributed by atoms with Crippen LogP contribution >= 0.6 is 11.3 Å². The lowest BCUT2D eigenvalue weighted by Crippen LogP contribution is -2.22. The zero-order chi connectivity index (χ0) is 8.81. The number of hydrogen-bond acceptors (Lipinski definition) is 4. The van der Waals surface area contributed by atoms with Crippen molar-refractivity contribution in [2.24, 2.45) is 0 Å². The maximum absolute atomic E-state index is 4.97. The molecule has 12 heavy (non-hydrogen) atoms. The third-order valence-electron chi connectivity index (χ3n) is 1.59. The van der Waals surface area contributed by atoms with Gasteiger partial charge in [-0.1, -0.05) is 0 Å². The molecule has 0 aliphatic carbocycles. The molecule has 0 N–H and O–H groups in total. The van der Waals surface area contributed by atoms with Crippen LogP contribution in [0.3, 0.4) is 0 Å². The van der Waals surface area contributed by atoms with E-state index in [4.69, 9.17) is 4.74 Å². The van der Waals surface area contributed by atoms with Gasteiger partial charge >= 0.3 is 0 Å². The molecule has 1 rings (SSSR count). The lowest BCUT2D eigenvalue weighted by Gasteiger charge is -2.13. The maximum atomic E-state index is 4.97. The molecule has 0 atom stereocenters.